The molecule has 3 heteroatoms. The third-order valence-electron chi connectivity index (χ3n) is 2.83. The molecule has 1 aliphatic rings. The minimum absolute atomic E-state index is 0.677. The first-order valence-corrected chi connectivity index (χ1v) is 5.24. The first-order chi connectivity index (χ1) is 6.77. The average Bonchev–Trinajstić information content (AvgIpc) is 2.76. The molecule has 1 aliphatic heterocycles. The van der Waals surface area contributed by atoms with E-state index in [2.05, 4.69) is 36.1 Å². The van der Waals surface area contributed by atoms with Gasteiger partial charge in [0.25, 0.3) is 0 Å². The highest BCUT2D eigenvalue weighted by Gasteiger charge is 2.15. The number of ether oxygens (including phenoxy) is 1. The average molecular weight is 194 g/mol. The second kappa shape index (κ2) is 4.05. The van der Waals surface area contributed by atoms with Crippen molar-refractivity contribution in [2.75, 3.05) is 25.2 Å². The van der Waals surface area contributed by atoms with Crippen LogP contribution in [0.5, 0.6) is 0 Å². The Kier molecular flexibility index (Phi) is 2.77. The van der Waals surface area contributed by atoms with Gasteiger partial charge in [0, 0.05) is 30.5 Å². The van der Waals surface area contributed by atoms with Gasteiger partial charge in [-0.05, 0) is 32.4 Å². The Morgan fingerprint density at radius 3 is 2.71 bits per heavy atom. The van der Waals surface area contributed by atoms with E-state index in [1.807, 2.05) is 0 Å². The summed E-state index contributed by atoms with van der Waals surface area (Å²) >= 11 is 0. The highest BCUT2D eigenvalue weighted by molar-refractivity contribution is 5.15. The van der Waals surface area contributed by atoms with Crippen LogP contribution in [0.25, 0.3) is 0 Å². The normalized spacial score (nSPS) is 21.4. The summed E-state index contributed by atoms with van der Waals surface area (Å²) in [7, 11) is 0. The molecule has 1 unspecified atom stereocenters. The SMILES string of the molecule is Cc1ccc(C)n1NCC1CCOC1. The summed E-state index contributed by atoms with van der Waals surface area (Å²) in [6.07, 6.45) is 1.19. The molecule has 1 aromatic rings. The molecule has 0 aromatic carbocycles. The lowest BCUT2D eigenvalue weighted by Crippen LogP contribution is -2.24. The highest BCUT2D eigenvalue weighted by Crippen LogP contribution is 2.12. The van der Waals surface area contributed by atoms with E-state index in [4.69, 9.17) is 4.74 Å². The van der Waals surface area contributed by atoms with Gasteiger partial charge in [-0.15, -0.1) is 0 Å². The highest BCUT2D eigenvalue weighted by atomic mass is 16.5. The van der Waals surface area contributed by atoms with Crippen molar-refractivity contribution in [3.8, 4) is 0 Å². The smallest absolute Gasteiger partial charge is 0.0512 e. The van der Waals surface area contributed by atoms with Crippen molar-refractivity contribution in [1.29, 1.82) is 0 Å². The maximum absolute atomic E-state index is 5.34. The summed E-state index contributed by atoms with van der Waals surface area (Å²) < 4.78 is 7.49. The second-order valence-corrected chi connectivity index (χ2v) is 4.04. The Morgan fingerprint density at radius 2 is 2.14 bits per heavy atom. The summed E-state index contributed by atoms with van der Waals surface area (Å²) in [6.45, 7) is 7.08. The molecular weight excluding hydrogens is 176 g/mol. The molecule has 2 heterocycles. The molecule has 1 N–H and O–H groups in total. The molecular formula is C11H18N2O. The van der Waals surface area contributed by atoms with Crippen LogP contribution in [0.1, 0.15) is 17.8 Å². The van der Waals surface area contributed by atoms with Crippen molar-refractivity contribution in [2.24, 2.45) is 5.92 Å². The lowest BCUT2D eigenvalue weighted by molar-refractivity contribution is 0.187. The molecule has 0 radical (unpaired) electrons. The molecule has 1 atom stereocenters. The number of hydrogen-bond donors (Lipinski definition) is 1. The van der Waals surface area contributed by atoms with Crippen LogP contribution in [0, 0.1) is 19.8 Å². The van der Waals surface area contributed by atoms with E-state index >= 15 is 0 Å². The van der Waals surface area contributed by atoms with Gasteiger partial charge in [-0.1, -0.05) is 0 Å². The van der Waals surface area contributed by atoms with Crippen molar-refractivity contribution in [3.63, 3.8) is 0 Å². The van der Waals surface area contributed by atoms with Gasteiger partial charge in [0.2, 0.25) is 0 Å². The predicted molar refractivity (Wildman–Crippen MR) is 57.1 cm³/mol. The van der Waals surface area contributed by atoms with Crippen LogP contribution >= 0.6 is 0 Å². The van der Waals surface area contributed by atoms with E-state index in [-0.39, 0.29) is 0 Å². The molecule has 78 valence electrons. The molecule has 1 fully saturated rings. The number of hydrogen-bond acceptors (Lipinski definition) is 2. The van der Waals surface area contributed by atoms with E-state index in [0.717, 1.165) is 19.8 Å². The van der Waals surface area contributed by atoms with E-state index in [1.54, 1.807) is 0 Å². The van der Waals surface area contributed by atoms with Crippen LogP contribution in [0.4, 0.5) is 0 Å². The minimum atomic E-state index is 0.677. The van der Waals surface area contributed by atoms with E-state index in [9.17, 15) is 0 Å². The maximum atomic E-state index is 5.34. The first-order valence-electron chi connectivity index (χ1n) is 5.24. The quantitative estimate of drug-likeness (QED) is 0.792. The molecule has 2 rings (SSSR count). The van der Waals surface area contributed by atoms with Crippen LogP contribution in [-0.2, 0) is 4.74 Å². The zero-order valence-electron chi connectivity index (χ0n) is 8.92. The lowest BCUT2D eigenvalue weighted by atomic mass is 10.1. The zero-order chi connectivity index (χ0) is 9.97. The minimum Gasteiger partial charge on any atom is -0.381 e. The van der Waals surface area contributed by atoms with Crippen molar-refractivity contribution in [3.05, 3.63) is 23.5 Å². The van der Waals surface area contributed by atoms with Crippen molar-refractivity contribution in [1.82, 2.24) is 4.68 Å². The largest absolute Gasteiger partial charge is 0.381 e. The fourth-order valence-electron chi connectivity index (χ4n) is 1.88. The van der Waals surface area contributed by atoms with Crippen molar-refractivity contribution >= 4 is 0 Å². The molecule has 0 saturated carbocycles. The molecule has 0 aliphatic carbocycles. The van der Waals surface area contributed by atoms with Gasteiger partial charge in [0.05, 0.1) is 6.61 Å². The van der Waals surface area contributed by atoms with Crippen LogP contribution < -0.4 is 5.43 Å². The second-order valence-electron chi connectivity index (χ2n) is 4.04. The number of nitrogens with zero attached hydrogens (tertiary/aromatic N) is 1. The van der Waals surface area contributed by atoms with Gasteiger partial charge in [-0.25, -0.2) is 0 Å². The maximum Gasteiger partial charge on any atom is 0.0512 e. The van der Waals surface area contributed by atoms with Gasteiger partial charge >= 0.3 is 0 Å². The first kappa shape index (κ1) is 9.59. The number of aryl methyl sites for hydroxylation is 2. The molecule has 0 bridgehead atoms. The van der Waals surface area contributed by atoms with E-state index in [1.165, 1.54) is 17.8 Å². The standard InChI is InChI=1S/C11H18N2O/c1-9-3-4-10(2)13(9)12-7-11-5-6-14-8-11/h3-4,11-12H,5-8H2,1-2H3. The van der Waals surface area contributed by atoms with Gasteiger partial charge in [-0.2, -0.15) is 0 Å². The summed E-state index contributed by atoms with van der Waals surface area (Å²) in [5.74, 6) is 0.677. The van der Waals surface area contributed by atoms with Crippen LogP contribution in [0.15, 0.2) is 12.1 Å². The van der Waals surface area contributed by atoms with Gasteiger partial charge in [0.15, 0.2) is 0 Å². The van der Waals surface area contributed by atoms with Crippen molar-refractivity contribution in [2.45, 2.75) is 20.3 Å². The van der Waals surface area contributed by atoms with E-state index in [0.29, 0.717) is 5.92 Å². The Bertz CT molecular complexity index is 281. The van der Waals surface area contributed by atoms with Crippen LogP contribution in [0.3, 0.4) is 0 Å². The monoisotopic (exact) mass is 194 g/mol. The molecule has 14 heavy (non-hydrogen) atoms. The zero-order valence-corrected chi connectivity index (χ0v) is 8.92. The predicted octanol–water partition coefficient (Wildman–Crippen LogP) is 1.68. The Balaban J connectivity index is 1.90. The Labute approximate surface area is 85.0 Å². The fourth-order valence-corrected chi connectivity index (χ4v) is 1.88. The molecule has 0 spiro atoms. The lowest BCUT2D eigenvalue weighted by Gasteiger charge is -2.15. The third kappa shape index (κ3) is 1.93. The molecule has 0 amide bonds. The summed E-state index contributed by atoms with van der Waals surface area (Å²) in [5, 5.41) is 0. The van der Waals surface area contributed by atoms with Crippen LogP contribution in [-0.4, -0.2) is 24.4 Å². The van der Waals surface area contributed by atoms with Crippen molar-refractivity contribution < 1.29 is 4.74 Å². The number of rotatable bonds is 3. The Morgan fingerprint density at radius 1 is 1.43 bits per heavy atom. The summed E-state index contributed by atoms with van der Waals surface area (Å²) in [6, 6.07) is 4.26. The molecule has 3 nitrogen and oxygen atoms in total. The molecule has 1 aromatic heterocycles. The van der Waals surface area contributed by atoms with Crippen LogP contribution in [0.2, 0.25) is 0 Å². The summed E-state index contributed by atoms with van der Waals surface area (Å²) in [4.78, 5) is 0. The summed E-state index contributed by atoms with van der Waals surface area (Å²) in [5.41, 5.74) is 5.97. The molecule has 1 saturated heterocycles. The van der Waals surface area contributed by atoms with Gasteiger partial charge in [-0.3, -0.25) is 4.68 Å². The Hall–Kier alpha value is -0.960. The van der Waals surface area contributed by atoms with Gasteiger partial charge in [0.1, 0.15) is 0 Å². The third-order valence-corrected chi connectivity index (χ3v) is 2.83. The van der Waals surface area contributed by atoms with E-state index < -0.39 is 0 Å². The van der Waals surface area contributed by atoms with Gasteiger partial charge < -0.3 is 10.2 Å². The number of nitrogens with one attached hydrogen (secondary N) is 1. The topological polar surface area (TPSA) is 26.2 Å². The number of aromatic nitrogens is 1. The fraction of sp³-hybridized carbons (Fsp3) is 0.636.